The molecule has 152 valence electrons. The van der Waals surface area contributed by atoms with Crippen LogP contribution in [0.1, 0.15) is 29.9 Å². The highest BCUT2D eigenvalue weighted by Gasteiger charge is 2.23. The lowest BCUT2D eigenvalue weighted by Crippen LogP contribution is -2.34. The molecule has 0 bridgehead atoms. The lowest BCUT2D eigenvalue weighted by atomic mass is 10.2. The summed E-state index contributed by atoms with van der Waals surface area (Å²) in [5, 5.41) is 12.6. The fraction of sp³-hybridized carbons (Fsp3) is 0.217. The van der Waals surface area contributed by atoms with Crippen molar-refractivity contribution in [2.75, 3.05) is 5.32 Å². The second-order valence-corrected chi connectivity index (χ2v) is 7.37. The highest BCUT2D eigenvalue weighted by Crippen LogP contribution is 2.22. The summed E-state index contributed by atoms with van der Waals surface area (Å²) in [4.78, 5) is 26.0. The Morgan fingerprint density at radius 1 is 0.967 bits per heavy atom. The molecule has 0 radical (unpaired) electrons. The standard InChI is InChI=1S/C23H23N5O2/c1-14-10-8-9-13-19(14)24-22(29)17(4)28-23(30)21-20(15(2)25-28)16(3)27(26-21)18-11-6-5-7-12-18/h5-13,17H,1-4H3,(H,24,29)/t17-/m0/s1. The maximum atomic E-state index is 13.2. The molecule has 7 nitrogen and oxygen atoms in total. The summed E-state index contributed by atoms with van der Waals surface area (Å²) in [5.74, 6) is -0.308. The SMILES string of the molecule is Cc1ccccc1NC(=O)[C@H](C)n1nc(C)c2c(C)n(-c3ccccc3)nc2c1=O. The summed E-state index contributed by atoms with van der Waals surface area (Å²) in [6, 6.07) is 16.3. The Hall–Kier alpha value is -3.74. The predicted octanol–water partition coefficient (Wildman–Crippen LogP) is 3.71. The van der Waals surface area contributed by atoms with E-state index in [-0.39, 0.29) is 11.5 Å². The molecular formula is C23H23N5O2. The van der Waals surface area contributed by atoms with E-state index in [9.17, 15) is 9.59 Å². The van der Waals surface area contributed by atoms with Crippen LogP contribution in [0.15, 0.2) is 59.4 Å². The maximum Gasteiger partial charge on any atom is 0.295 e. The molecule has 2 aromatic heterocycles. The maximum absolute atomic E-state index is 13.2. The van der Waals surface area contributed by atoms with E-state index in [0.29, 0.717) is 22.3 Å². The van der Waals surface area contributed by atoms with Crippen molar-refractivity contribution in [3.63, 3.8) is 0 Å². The van der Waals surface area contributed by atoms with Gasteiger partial charge in [-0.15, -0.1) is 0 Å². The fourth-order valence-electron chi connectivity index (χ4n) is 3.60. The van der Waals surface area contributed by atoms with Crippen LogP contribution in [0.25, 0.3) is 16.6 Å². The molecule has 0 saturated heterocycles. The number of rotatable bonds is 4. The average molecular weight is 401 g/mol. The minimum Gasteiger partial charge on any atom is -0.324 e. The Balaban J connectivity index is 1.77. The van der Waals surface area contributed by atoms with Crippen molar-refractivity contribution in [1.82, 2.24) is 19.6 Å². The zero-order chi connectivity index (χ0) is 21.4. The lowest BCUT2D eigenvalue weighted by molar-refractivity contribution is -0.119. The molecule has 2 aromatic carbocycles. The van der Waals surface area contributed by atoms with Gasteiger partial charge in [-0.3, -0.25) is 9.59 Å². The van der Waals surface area contributed by atoms with Crippen LogP contribution in [0.3, 0.4) is 0 Å². The number of carbonyl (C=O) groups excluding carboxylic acids is 1. The van der Waals surface area contributed by atoms with E-state index in [1.165, 1.54) is 4.68 Å². The minimum atomic E-state index is -0.789. The van der Waals surface area contributed by atoms with Crippen LogP contribution in [0.2, 0.25) is 0 Å². The van der Waals surface area contributed by atoms with Crippen LogP contribution in [-0.2, 0) is 4.79 Å². The van der Waals surface area contributed by atoms with Gasteiger partial charge >= 0.3 is 0 Å². The van der Waals surface area contributed by atoms with Crippen molar-refractivity contribution < 1.29 is 4.79 Å². The van der Waals surface area contributed by atoms with Gasteiger partial charge in [0.2, 0.25) is 5.91 Å². The summed E-state index contributed by atoms with van der Waals surface area (Å²) in [6.45, 7) is 7.32. The van der Waals surface area contributed by atoms with E-state index >= 15 is 0 Å². The van der Waals surface area contributed by atoms with Crippen LogP contribution in [0, 0.1) is 20.8 Å². The van der Waals surface area contributed by atoms with Gasteiger partial charge < -0.3 is 5.32 Å². The molecular weight excluding hydrogens is 378 g/mol. The Labute approximate surface area is 174 Å². The van der Waals surface area contributed by atoms with Crippen LogP contribution in [-0.4, -0.2) is 25.5 Å². The third-order valence-corrected chi connectivity index (χ3v) is 5.30. The van der Waals surface area contributed by atoms with Gasteiger partial charge in [0.05, 0.1) is 22.5 Å². The van der Waals surface area contributed by atoms with Gasteiger partial charge in [-0.25, -0.2) is 9.36 Å². The molecule has 30 heavy (non-hydrogen) atoms. The van der Waals surface area contributed by atoms with Crippen LogP contribution in [0.5, 0.6) is 0 Å². The molecule has 2 heterocycles. The summed E-state index contributed by atoms with van der Waals surface area (Å²) >= 11 is 0. The number of nitrogens with one attached hydrogen (secondary N) is 1. The summed E-state index contributed by atoms with van der Waals surface area (Å²) in [7, 11) is 0. The highest BCUT2D eigenvalue weighted by atomic mass is 16.2. The lowest BCUT2D eigenvalue weighted by Gasteiger charge is -2.15. The normalized spacial score (nSPS) is 12.1. The molecule has 4 aromatic rings. The minimum absolute atomic E-state index is 0.305. The first-order valence-corrected chi connectivity index (χ1v) is 9.79. The number of amides is 1. The number of carbonyl (C=O) groups is 1. The molecule has 0 aliphatic rings. The van der Waals surface area contributed by atoms with E-state index < -0.39 is 6.04 Å². The summed E-state index contributed by atoms with van der Waals surface area (Å²) in [6.07, 6.45) is 0. The fourth-order valence-corrected chi connectivity index (χ4v) is 3.60. The largest absolute Gasteiger partial charge is 0.324 e. The van der Waals surface area contributed by atoms with Crippen molar-refractivity contribution in [2.45, 2.75) is 33.7 Å². The molecule has 7 heteroatoms. The average Bonchev–Trinajstić information content (AvgIpc) is 3.10. The van der Waals surface area contributed by atoms with Gasteiger partial charge in [-0.2, -0.15) is 10.2 Å². The zero-order valence-corrected chi connectivity index (χ0v) is 17.4. The number of aryl methyl sites for hydroxylation is 3. The topological polar surface area (TPSA) is 81.8 Å². The third kappa shape index (κ3) is 3.28. The molecule has 4 rings (SSSR count). The van der Waals surface area contributed by atoms with Crippen molar-refractivity contribution in [2.24, 2.45) is 0 Å². The molecule has 0 saturated carbocycles. The van der Waals surface area contributed by atoms with Crippen molar-refractivity contribution in [3.05, 3.63) is 81.9 Å². The van der Waals surface area contributed by atoms with Crippen LogP contribution < -0.4 is 10.9 Å². The Morgan fingerprint density at radius 2 is 1.63 bits per heavy atom. The monoisotopic (exact) mass is 401 g/mol. The summed E-state index contributed by atoms with van der Waals surface area (Å²) in [5.41, 5.74) is 3.93. The van der Waals surface area contributed by atoms with Gasteiger partial charge in [-0.1, -0.05) is 36.4 Å². The van der Waals surface area contributed by atoms with Gasteiger partial charge in [0, 0.05) is 5.69 Å². The number of anilines is 1. The number of hydrogen-bond acceptors (Lipinski definition) is 4. The van der Waals surface area contributed by atoms with Gasteiger partial charge in [-0.05, 0) is 51.5 Å². The van der Waals surface area contributed by atoms with E-state index in [2.05, 4.69) is 15.5 Å². The van der Waals surface area contributed by atoms with Crippen LogP contribution in [0.4, 0.5) is 5.69 Å². The molecule has 1 N–H and O–H groups in total. The van der Waals surface area contributed by atoms with Crippen molar-refractivity contribution >= 4 is 22.5 Å². The quantitative estimate of drug-likeness (QED) is 0.565. The van der Waals surface area contributed by atoms with Gasteiger partial charge in [0.15, 0.2) is 5.52 Å². The Morgan fingerprint density at radius 3 is 2.33 bits per heavy atom. The first-order chi connectivity index (χ1) is 14.4. The zero-order valence-electron chi connectivity index (χ0n) is 17.4. The first-order valence-electron chi connectivity index (χ1n) is 9.79. The first kappa shape index (κ1) is 19.6. The molecule has 0 fully saturated rings. The number of nitrogens with zero attached hydrogens (tertiary/aromatic N) is 4. The number of hydrogen-bond donors (Lipinski definition) is 1. The Kier molecular flexibility index (Phi) is 4.95. The number of para-hydroxylation sites is 2. The second kappa shape index (κ2) is 7.59. The molecule has 0 spiro atoms. The van der Waals surface area contributed by atoms with Crippen molar-refractivity contribution in [1.29, 1.82) is 0 Å². The van der Waals surface area contributed by atoms with E-state index in [0.717, 1.165) is 16.9 Å². The number of fused-ring (bicyclic) bond motifs is 1. The molecule has 0 unspecified atom stereocenters. The second-order valence-electron chi connectivity index (χ2n) is 7.37. The van der Waals surface area contributed by atoms with E-state index in [4.69, 9.17) is 0 Å². The van der Waals surface area contributed by atoms with Gasteiger partial charge in [0.1, 0.15) is 6.04 Å². The summed E-state index contributed by atoms with van der Waals surface area (Å²) < 4.78 is 2.95. The number of benzene rings is 2. The Bertz CT molecular complexity index is 1300. The van der Waals surface area contributed by atoms with E-state index in [1.807, 2.05) is 75.4 Å². The third-order valence-electron chi connectivity index (χ3n) is 5.30. The van der Waals surface area contributed by atoms with Crippen molar-refractivity contribution in [3.8, 4) is 5.69 Å². The molecule has 0 aliphatic carbocycles. The predicted molar refractivity (Wildman–Crippen MR) is 117 cm³/mol. The highest BCUT2D eigenvalue weighted by molar-refractivity contribution is 5.94. The molecule has 0 aliphatic heterocycles. The van der Waals surface area contributed by atoms with E-state index in [1.54, 1.807) is 11.6 Å². The smallest absolute Gasteiger partial charge is 0.295 e. The molecule has 1 amide bonds. The van der Waals surface area contributed by atoms with Crippen LogP contribution >= 0.6 is 0 Å². The molecule has 1 atom stereocenters. The van der Waals surface area contributed by atoms with Gasteiger partial charge in [0.25, 0.3) is 5.56 Å². The number of aromatic nitrogens is 4.